The smallest absolute Gasteiger partial charge is 0.337 e. The predicted octanol–water partition coefficient (Wildman–Crippen LogP) is 3.43. The van der Waals surface area contributed by atoms with E-state index in [2.05, 4.69) is 4.74 Å². The molecule has 0 aliphatic rings. The highest BCUT2D eigenvalue weighted by molar-refractivity contribution is 5.89. The van der Waals surface area contributed by atoms with Gasteiger partial charge in [0.25, 0.3) is 0 Å². The van der Waals surface area contributed by atoms with E-state index in [9.17, 15) is 4.79 Å². The van der Waals surface area contributed by atoms with Crippen molar-refractivity contribution in [2.45, 2.75) is 6.29 Å². The van der Waals surface area contributed by atoms with Gasteiger partial charge in [0.1, 0.15) is 0 Å². The maximum Gasteiger partial charge on any atom is 0.337 e. The fourth-order valence-electron chi connectivity index (χ4n) is 2.12. The fourth-order valence-corrected chi connectivity index (χ4v) is 2.12. The Bertz CT molecular complexity index is 583. The van der Waals surface area contributed by atoms with E-state index in [0.29, 0.717) is 5.56 Å². The molecule has 0 saturated heterocycles. The van der Waals surface area contributed by atoms with Gasteiger partial charge in [-0.2, -0.15) is 0 Å². The Hall–Kier alpha value is -2.17. The Balaban J connectivity index is 2.20. The first kappa shape index (κ1) is 15.2. The van der Waals surface area contributed by atoms with Crippen LogP contribution in [0, 0.1) is 0 Å². The third-order valence-corrected chi connectivity index (χ3v) is 3.25. The highest BCUT2D eigenvalue weighted by atomic mass is 16.7. The van der Waals surface area contributed by atoms with Crippen molar-refractivity contribution in [2.75, 3.05) is 21.3 Å². The van der Waals surface area contributed by atoms with Crippen molar-refractivity contribution in [2.24, 2.45) is 0 Å². The molecule has 0 heterocycles. The maximum atomic E-state index is 11.4. The minimum Gasteiger partial charge on any atom is -0.465 e. The highest BCUT2D eigenvalue weighted by Crippen LogP contribution is 2.24. The molecule has 21 heavy (non-hydrogen) atoms. The predicted molar refractivity (Wildman–Crippen MR) is 80.0 cm³/mol. The average Bonchev–Trinajstić information content (AvgIpc) is 2.56. The topological polar surface area (TPSA) is 44.8 Å². The molecule has 0 spiro atoms. The van der Waals surface area contributed by atoms with Gasteiger partial charge in [-0.15, -0.1) is 0 Å². The number of rotatable bonds is 5. The van der Waals surface area contributed by atoms with Crippen molar-refractivity contribution in [1.82, 2.24) is 0 Å². The van der Waals surface area contributed by atoms with Crippen LogP contribution in [-0.2, 0) is 14.2 Å². The second kappa shape index (κ2) is 7.02. The molecule has 4 nitrogen and oxygen atoms in total. The van der Waals surface area contributed by atoms with E-state index >= 15 is 0 Å². The lowest BCUT2D eigenvalue weighted by molar-refractivity contribution is -0.106. The number of hydrogen-bond acceptors (Lipinski definition) is 4. The van der Waals surface area contributed by atoms with Crippen LogP contribution in [0.25, 0.3) is 11.1 Å². The third kappa shape index (κ3) is 3.48. The number of methoxy groups -OCH3 is 3. The van der Waals surface area contributed by atoms with Gasteiger partial charge in [-0.1, -0.05) is 36.4 Å². The monoisotopic (exact) mass is 286 g/mol. The van der Waals surface area contributed by atoms with E-state index in [1.807, 2.05) is 36.4 Å². The van der Waals surface area contributed by atoms with Crippen molar-refractivity contribution in [3.05, 3.63) is 59.7 Å². The van der Waals surface area contributed by atoms with Gasteiger partial charge in [0, 0.05) is 19.8 Å². The second-order valence-corrected chi connectivity index (χ2v) is 4.49. The molecule has 4 heteroatoms. The zero-order valence-corrected chi connectivity index (χ0v) is 12.3. The van der Waals surface area contributed by atoms with Crippen LogP contribution in [0.15, 0.2) is 48.5 Å². The molecular weight excluding hydrogens is 268 g/mol. The Morgan fingerprint density at radius 1 is 0.810 bits per heavy atom. The Kier molecular flexibility index (Phi) is 5.09. The summed E-state index contributed by atoms with van der Waals surface area (Å²) in [5.74, 6) is -0.333. The Labute approximate surface area is 124 Å². The first-order chi connectivity index (χ1) is 10.2. The maximum absolute atomic E-state index is 11.4. The zero-order chi connectivity index (χ0) is 15.2. The number of ether oxygens (including phenoxy) is 3. The van der Waals surface area contributed by atoms with E-state index in [1.54, 1.807) is 26.4 Å². The number of benzene rings is 2. The lowest BCUT2D eigenvalue weighted by atomic mass is 10.0. The molecule has 0 atom stereocenters. The Morgan fingerprint density at radius 3 is 1.71 bits per heavy atom. The van der Waals surface area contributed by atoms with E-state index < -0.39 is 0 Å². The summed E-state index contributed by atoms with van der Waals surface area (Å²) >= 11 is 0. The molecule has 0 aliphatic carbocycles. The lowest BCUT2D eigenvalue weighted by Gasteiger charge is -2.14. The quantitative estimate of drug-likeness (QED) is 0.624. The molecule has 2 rings (SSSR count). The number of esters is 1. The summed E-state index contributed by atoms with van der Waals surface area (Å²) in [6.07, 6.45) is -0.360. The van der Waals surface area contributed by atoms with Gasteiger partial charge in [0.15, 0.2) is 6.29 Å². The van der Waals surface area contributed by atoms with Crippen LogP contribution in [0.2, 0.25) is 0 Å². The molecule has 0 amide bonds. The SMILES string of the molecule is COC(=O)c1ccc(-c2ccc(C(OC)OC)cc2)cc1. The van der Waals surface area contributed by atoms with Crippen LogP contribution in [0.3, 0.4) is 0 Å². The summed E-state index contributed by atoms with van der Waals surface area (Å²) in [7, 11) is 4.58. The van der Waals surface area contributed by atoms with Gasteiger partial charge < -0.3 is 14.2 Å². The van der Waals surface area contributed by atoms with E-state index in [-0.39, 0.29) is 12.3 Å². The fraction of sp³-hybridized carbons (Fsp3) is 0.235. The molecule has 0 saturated carbocycles. The van der Waals surface area contributed by atoms with Crippen molar-refractivity contribution in [3.8, 4) is 11.1 Å². The van der Waals surface area contributed by atoms with E-state index in [0.717, 1.165) is 16.7 Å². The summed E-state index contributed by atoms with van der Waals surface area (Å²) in [4.78, 5) is 11.4. The first-order valence-corrected chi connectivity index (χ1v) is 6.54. The van der Waals surface area contributed by atoms with Gasteiger partial charge in [0.2, 0.25) is 0 Å². The molecule has 0 N–H and O–H groups in total. The summed E-state index contributed by atoms with van der Waals surface area (Å²) in [5, 5.41) is 0. The van der Waals surface area contributed by atoms with Crippen LogP contribution in [0.4, 0.5) is 0 Å². The van der Waals surface area contributed by atoms with Gasteiger partial charge in [-0.05, 0) is 23.3 Å². The van der Waals surface area contributed by atoms with Crippen molar-refractivity contribution >= 4 is 5.97 Å². The van der Waals surface area contributed by atoms with Crippen molar-refractivity contribution in [3.63, 3.8) is 0 Å². The number of hydrogen-bond donors (Lipinski definition) is 0. The van der Waals surface area contributed by atoms with E-state index in [4.69, 9.17) is 9.47 Å². The van der Waals surface area contributed by atoms with Crippen molar-refractivity contribution in [1.29, 1.82) is 0 Å². The summed E-state index contributed by atoms with van der Waals surface area (Å²) < 4.78 is 15.1. The molecule has 0 aliphatic heterocycles. The summed E-state index contributed by atoms with van der Waals surface area (Å²) in [6.45, 7) is 0. The zero-order valence-electron chi connectivity index (χ0n) is 12.3. The highest BCUT2D eigenvalue weighted by Gasteiger charge is 2.09. The van der Waals surface area contributed by atoms with Gasteiger partial charge >= 0.3 is 5.97 Å². The molecule has 2 aromatic carbocycles. The lowest BCUT2D eigenvalue weighted by Crippen LogP contribution is -2.03. The average molecular weight is 286 g/mol. The van der Waals surface area contributed by atoms with Gasteiger partial charge in [-0.25, -0.2) is 4.79 Å². The summed E-state index contributed by atoms with van der Waals surface area (Å²) in [5.41, 5.74) is 3.58. The largest absolute Gasteiger partial charge is 0.465 e. The van der Waals surface area contributed by atoms with Crippen LogP contribution in [0.1, 0.15) is 22.2 Å². The number of carbonyl (C=O) groups excluding carboxylic acids is 1. The van der Waals surface area contributed by atoms with Crippen LogP contribution in [-0.4, -0.2) is 27.3 Å². The summed E-state index contributed by atoms with van der Waals surface area (Å²) in [6, 6.07) is 15.2. The molecule has 0 aromatic heterocycles. The van der Waals surface area contributed by atoms with Gasteiger partial charge in [0.05, 0.1) is 12.7 Å². The van der Waals surface area contributed by atoms with Crippen LogP contribution in [0.5, 0.6) is 0 Å². The molecule has 110 valence electrons. The number of carbonyl (C=O) groups is 1. The molecule has 0 radical (unpaired) electrons. The van der Waals surface area contributed by atoms with Crippen LogP contribution < -0.4 is 0 Å². The van der Waals surface area contributed by atoms with E-state index in [1.165, 1.54) is 7.11 Å². The third-order valence-electron chi connectivity index (χ3n) is 3.25. The minimum absolute atomic E-state index is 0.333. The molecule has 2 aromatic rings. The molecular formula is C17H18O4. The second-order valence-electron chi connectivity index (χ2n) is 4.49. The van der Waals surface area contributed by atoms with Crippen LogP contribution >= 0.6 is 0 Å². The molecule has 0 bridgehead atoms. The molecule has 0 fully saturated rings. The van der Waals surface area contributed by atoms with Gasteiger partial charge in [-0.3, -0.25) is 0 Å². The minimum atomic E-state index is -0.360. The van der Waals surface area contributed by atoms with Crippen molar-refractivity contribution < 1.29 is 19.0 Å². The standard InChI is InChI=1S/C17H18O4/c1-19-16(18)14-8-4-12(5-9-14)13-6-10-15(11-7-13)17(20-2)21-3/h4-11,17H,1-3H3. The first-order valence-electron chi connectivity index (χ1n) is 6.54. The Morgan fingerprint density at radius 2 is 1.29 bits per heavy atom. The normalized spacial score (nSPS) is 10.7. The molecule has 0 unspecified atom stereocenters.